The van der Waals surface area contributed by atoms with Gasteiger partial charge in [0, 0.05) is 26.2 Å². The van der Waals surface area contributed by atoms with Gasteiger partial charge in [-0.15, -0.1) is 0 Å². The van der Waals surface area contributed by atoms with Crippen LogP contribution in [0.25, 0.3) is 0 Å². The number of furan rings is 1. The predicted molar refractivity (Wildman–Crippen MR) is 55.2 cm³/mol. The number of halogens is 1. The summed E-state index contributed by atoms with van der Waals surface area (Å²) in [6.45, 7) is 1.75. The van der Waals surface area contributed by atoms with Crippen LogP contribution in [0.1, 0.15) is 10.4 Å². The molecular formula is C9H11BrN2O2. The van der Waals surface area contributed by atoms with Gasteiger partial charge in [-0.05, 0) is 15.9 Å². The van der Waals surface area contributed by atoms with Crippen molar-refractivity contribution < 1.29 is 9.21 Å². The molecule has 2 heterocycles. The van der Waals surface area contributed by atoms with Crippen molar-refractivity contribution >= 4 is 21.8 Å². The van der Waals surface area contributed by atoms with Crippen LogP contribution in [0.2, 0.25) is 0 Å². The molecule has 0 radical (unpaired) electrons. The molecule has 1 N–H and O–H groups in total. The molecule has 1 aliphatic rings. The Morgan fingerprint density at radius 1 is 1.71 bits per heavy atom. The second-order valence-electron chi connectivity index (χ2n) is 3.37. The minimum Gasteiger partial charge on any atom is -0.457 e. The fraction of sp³-hybridized carbons (Fsp3) is 0.444. The van der Waals surface area contributed by atoms with Crippen molar-refractivity contribution in [1.82, 2.24) is 10.2 Å². The minimum atomic E-state index is 0.00551. The maximum absolute atomic E-state index is 11.8. The van der Waals surface area contributed by atoms with E-state index < -0.39 is 0 Å². The lowest BCUT2D eigenvalue weighted by Gasteiger charge is -2.35. The highest BCUT2D eigenvalue weighted by Crippen LogP contribution is 2.16. The maximum Gasteiger partial charge on any atom is 0.257 e. The normalized spacial score (nSPS) is 16.4. The second kappa shape index (κ2) is 3.74. The number of carbonyl (C=O) groups excluding carboxylic acids is 1. The van der Waals surface area contributed by atoms with Gasteiger partial charge in [0.05, 0.1) is 11.6 Å². The van der Waals surface area contributed by atoms with E-state index in [0.29, 0.717) is 16.3 Å². The summed E-state index contributed by atoms with van der Waals surface area (Å²) in [5.74, 6) is 0.00551. The molecule has 2 rings (SSSR count). The standard InChI is InChI=1S/C9H11BrN2O2/c1-12(7-3-11-4-7)9(13)6-2-8(10)14-5-6/h2,5,7,11H,3-4H2,1H3. The van der Waals surface area contributed by atoms with Gasteiger partial charge in [0.1, 0.15) is 6.26 Å². The van der Waals surface area contributed by atoms with Gasteiger partial charge in [-0.2, -0.15) is 0 Å². The van der Waals surface area contributed by atoms with Gasteiger partial charge >= 0.3 is 0 Å². The van der Waals surface area contributed by atoms with Crippen LogP contribution in [0.5, 0.6) is 0 Å². The summed E-state index contributed by atoms with van der Waals surface area (Å²) in [6, 6.07) is 2.00. The second-order valence-corrected chi connectivity index (χ2v) is 4.15. The summed E-state index contributed by atoms with van der Waals surface area (Å²) in [4.78, 5) is 13.6. The third-order valence-electron chi connectivity index (χ3n) is 2.44. The summed E-state index contributed by atoms with van der Waals surface area (Å²) >= 11 is 3.17. The number of hydrogen-bond donors (Lipinski definition) is 1. The Hall–Kier alpha value is -0.810. The first kappa shape index (κ1) is 9.73. The Kier molecular flexibility index (Phi) is 2.60. The van der Waals surface area contributed by atoms with E-state index in [9.17, 15) is 4.79 Å². The Balaban J connectivity index is 2.07. The molecule has 1 saturated heterocycles. The van der Waals surface area contributed by atoms with Gasteiger partial charge in [0.25, 0.3) is 5.91 Å². The highest BCUT2D eigenvalue weighted by molar-refractivity contribution is 9.10. The van der Waals surface area contributed by atoms with Crippen LogP contribution in [0.15, 0.2) is 21.4 Å². The van der Waals surface area contributed by atoms with Crippen molar-refractivity contribution in [3.8, 4) is 0 Å². The first-order valence-electron chi connectivity index (χ1n) is 4.40. The molecule has 5 heteroatoms. The molecule has 1 aliphatic heterocycles. The van der Waals surface area contributed by atoms with Crippen LogP contribution in [-0.4, -0.2) is 37.0 Å². The summed E-state index contributed by atoms with van der Waals surface area (Å²) in [7, 11) is 1.81. The molecule has 1 aromatic heterocycles. The van der Waals surface area contributed by atoms with Crippen LogP contribution in [0.3, 0.4) is 0 Å². The molecule has 1 amide bonds. The highest BCUT2D eigenvalue weighted by Gasteiger charge is 2.26. The molecule has 0 unspecified atom stereocenters. The molecule has 0 bridgehead atoms. The zero-order valence-electron chi connectivity index (χ0n) is 7.79. The summed E-state index contributed by atoms with van der Waals surface area (Å²) in [5.41, 5.74) is 0.589. The van der Waals surface area contributed by atoms with E-state index in [-0.39, 0.29) is 5.91 Å². The van der Waals surface area contributed by atoms with Crippen LogP contribution in [-0.2, 0) is 0 Å². The number of carbonyl (C=O) groups is 1. The van der Waals surface area contributed by atoms with E-state index in [0.717, 1.165) is 13.1 Å². The lowest BCUT2D eigenvalue weighted by molar-refractivity contribution is 0.0680. The molecule has 0 atom stereocenters. The molecule has 14 heavy (non-hydrogen) atoms. The molecule has 0 aromatic carbocycles. The van der Waals surface area contributed by atoms with Crippen LogP contribution >= 0.6 is 15.9 Å². The molecular weight excluding hydrogens is 248 g/mol. The van der Waals surface area contributed by atoms with Crippen molar-refractivity contribution in [3.05, 3.63) is 22.6 Å². The minimum absolute atomic E-state index is 0.00551. The maximum atomic E-state index is 11.8. The monoisotopic (exact) mass is 258 g/mol. The Labute approximate surface area is 90.4 Å². The number of amides is 1. The van der Waals surface area contributed by atoms with Crippen molar-refractivity contribution in [3.63, 3.8) is 0 Å². The number of nitrogens with one attached hydrogen (secondary N) is 1. The first-order valence-corrected chi connectivity index (χ1v) is 5.19. The number of likely N-dealkylation sites (N-methyl/N-ethyl adjacent to an activating group) is 1. The molecule has 76 valence electrons. The lowest BCUT2D eigenvalue weighted by Crippen LogP contribution is -2.57. The fourth-order valence-electron chi connectivity index (χ4n) is 1.34. The molecule has 0 aliphatic carbocycles. The van der Waals surface area contributed by atoms with E-state index in [4.69, 9.17) is 4.42 Å². The molecule has 0 saturated carbocycles. The molecule has 4 nitrogen and oxygen atoms in total. The first-order chi connectivity index (χ1) is 6.68. The van der Waals surface area contributed by atoms with E-state index >= 15 is 0 Å². The summed E-state index contributed by atoms with van der Waals surface area (Å²) < 4.78 is 5.60. The van der Waals surface area contributed by atoms with E-state index in [1.165, 1.54) is 6.26 Å². The van der Waals surface area contributed by atoms with Crippen molar-refractivity contribution in [2.24, 2.45) is 0 Å². The third-order valence-corrected chi connectivity index (χ3v) is 2.86. The topological polar surface area (TPSA) is 45.5 Å². The van der Waals surface area contributed by atoms with Gasteiger partial charge in [-0.25, -0.2) is 0 Å². The van der Waals surface area contributed by atoms with Crippen molar-refractivity contribution in [1.29, 1.82) is 0 Å². The van der Waals surface area contributed by atoms with E-state index in [1.54, 1.807) is 11.0 Å². The summed E-state index contributed by atoms with van der Waals surface area (Å²) in [6.07, 6.45) is 1.47. The predicted octanol–water partition coefficient (Wildman–Crippen LogP) is 1.09. The quantitative estimate of drug-likeness (QED) is 0.864. The van der Waals surface area contributed by atoms with Crippen LogP contribution < -0.4 is 5.32 Å². The largest absolute Gasteiger partial charge is 0.457 e. The number of rotatable bonds is 2. The average Bonchev–Trinajstić information content (AvgIpc) is 2.47. The lowest BCUT2D eigenvalue weighted by atomic mass is 10.1. The van der Waals surface area contributed by atoms with E-state index in [2.05, 4.69) is 21.2 Å². The van der Waals surface area contributed by atoms with Gasteiger partial charge < -0.3 is 14.6 Å². The number of nitrogens with zero attached hydrogens (tertiary/aromatic N) is 1. The van der Waals surface area contributed by atoms with Gasteiger partial charge in [-0.1, -0.05) is 0 Å². The van der Waals surface area contributed by atoms with Crippen molar-refractivity contribution in [2.75, 3.05) is 20.1 Å². The van der Waals surface area contributed by atoms with Crippen molar-refractivity contribution in [2.45, 2.75) is 6.04 Å². The number of hydrogen-bond acceptors (Lipinski definition) is 3. The molecule has 1 fully saturated rings. The SMILES string of the molecule is CN(C(=O)c1coc(Br)c1)C1CNC1. The molecule has 0 spiro atoms. The zero-order valence-corrected chi connectivity index (χ0v) is 9.37. The Bertz CT molecular complexity index is 346. The Morgan fingerprint density at radius 3 is 2.86 bits per heavy atom. The fourth-order valence-corrected chi connectivity index (χ4v) is 1.68. The highest BCUT2D eigenvalue weighted by atomic mass is 79.9. The van der Waals surface area contributed by atoms with Crippen LogP contribution in [0.4, 0.5) is 0 Å². The smallest absolute Gasteiger partial charge is 0.257 e. The Morgan fingerprint density at radius 2 is 2.43 bits per heavy atom. The van der Waals surface area contributed by atoms with Gasteiger partial charge in [0.2, 0.25) is 0 Å². The van der Waals surface area contributed by atoms with E-state index in [1.807, 2.05) is 7.05 Å². The zero-order chi connectivity index (χ0) is 10.1. The van der Waals surface area contributed by atoms with Gasteiger partial charge in [-0.3, -0.25) is 4.79 Å². The summed E-state index contributed by atoms with van der Waals surface area (Å²) in [5, 5.41) is 3.13. The van der Waals surface area contributed by atoms with Gasteiger partial charge in [0.15, 0.2) is 4.67 Å². The third kappa shape index (κ3) is 1.69. The average molecular weight is 259 g/mol. The molecule has 1 aromatic rings. The van der Waals surface area contributed by atoms with Crippen LogP contribution in [0, 0.1) is 0 Å².